The molecular formula is C17H18FN5O. The molecule has 24 heavy (non-hydrogen) atoms. The smallest absolute Gasteiger partial charge is 0.160 e. The zero-order valence-corrected chi connectivity index (χ0v) is 13.2. The van der Waals surface area contributed by atoms with Gasteiger partial charge in [0, 0.05) is 13.1 Å². The first-order chi connectivity index (χ1) is 11.8. The standard InChI is InChI=1S/C17H18FN5O/c18-13-3-1-12(2-4-13)10-24-14-5-7-23(8-6-14)17-15-9-21-22-16(15)19-11-20-17/h1-4,9,11,14H,5-8,10H2,(H,19,20,21,22). The van der Waals surface area contributed by atoms with Crippen molar-refractivity contribution in [1.29, 1.82) is 0 Å². The largest absolute Gasteiger partial charge is 0.373 e. The van der Waals surface area contributed by atoms with Crippen LogP contribution in [0.3, 0.4) is 0 Å². The Labute approximate surface area is 138 Å². The van der Waals surface area contributed by atoms with Crippen LogP contribution in [0.2, 0.25) is 0 Å². The van der Waals surface area contributed by atoms with Gasteiger partial charge in [0.1, 0.15) is 18.0 Å². The van der Waals surface area contributed by atoms with E-state index in [0.717, 1.165) is 48.3 Å². The highest BCUT2D eigenvalue weighted by Crippen LogP contribution is 2.25. The molecule has 2 aromatic heterocycles. The van der Waals surface area contributed by atoms with E-state index in [1.807, 2.05) is 0 Å². The second kappa shape index (κ2) is 6.52. The van der Waals surface area contributed by atoms with Crippen LogP contribution < -0.4 is 4.90 Å². The molecular weight excluding hydrogens is 309 g/mol. The Balaban J connectivity index is 1.35. The molecule has 1 aromatic carbocycles. The van der Waals surface area contributed by atoms with Gasteiger partial charge in [-0.1, -0.05) is 12.1 Å². The van der Waals surface area contributed by atoms with Crippen LogP contribution in [0.5, 0.6) is 0 Å². The van der Waals surface area contributed by atoms with E-state index in [0.29, 0.717) is 6.61 Å². The van der Waals surface area contributed by atoms with Crippen molar-refractivity contribution >= 4 is 16.9 Å². The number of anilines is 1. The van der Waals surface area contributed by atoms with E-state index in [1.54, 1.807) is 24.7 Å². The molecule has 3 heterocycles. The van der Waals surface area contributed by atoms with E-state index in [-0.39, 0.29) is 11.9 Å². The minimum atomic E-state index is -0.220. The Bertz CT molecular complexity index is 811. The predicted molar refractivity (Wildman–Crippen MR) is 88.1 cm³/mol. The second-order valence-electron chi connectivity index (χ2n) is 5.95. The lowest BCUT2D eigenvalue weighted by molar-refractivity contribution is 0.0250. The fraction of sp³-hybridized carbons (Fsp3) is 0.353. The second-order valence-corrected chi connectivity index (χ2v) is 5.95. The van der Waals surface area contributed by atoms with E-state index in [9.17, 15) is 4.39 Å². The van der Waals surface area contributed by atoms with Crippen LogP contribution in [0.4, 0.5) is 10.2 Å². The molecule has 0 atom stereocenters. The van der Waals surface area contributed by atoms with Crippen LogP contribution in [0.1, 0.15) is 18.4 Å². The number of fused-ring (bicyclic) bond motifs is 1. The van der Waals surface area contributed by atoms with Crippen molar-refractivity contribution in [2.45, 2.75) is 25.6 Å². The van der Waals surface area contributed by atoms with Crippen molar-refractivity contribution in [3.8, 4) is 0 Å². The summed E-state index contributed by atoms with van der Waals surface area (Å²) in [5, 5.41) is 7.85. The third kappa shape index (κ3) is 3.07. The molecule has 0 bridgehead atoms. The van der Waals surface area contributed by atoms with Gasteiger partial charge in [0.2, 0.25) is 0 Å². The Morgan fingerprint density at radius 1 is 1.17 bits per heavy atom. The lowest BCUT2D eigenvalue weighted by Gasteiger charge is -2.32. The van der Waals surface area contributed by atoms with Crippen molar-refractivity contribution < 1.29 is 9.13 Å². The third-order valence-corrected chi connectivity index (χ3v) is 4.37. The van der Waals surface area contributed by atoms with Gasteiger partial charge in [-0.05, 0) is 30.5 Å². The van der Waals surface area contributed by atoms with Crippen LogP contribution in [0.25, 0.3) is 11.0 Å². The van der Waals surface area contributed by atoms with Crippen LogP contribution in [0.15, 0.2) is 36.8 Å². The lowest BCUT2D eigenvalue weighted by Crippen LogP contribution is -2.37. The van der Waals surface area contributed by atoms with Crippen molar-refractivity contribution in [3.63, 3.8) is 0 Å². The summed E-state index contributed by atoms with van der Waals surface area (Å²) >= 11 is 0. The molecule has 0 saturated carbocycles. The molecule has 3 aromatic rings. The fourth-order valence-corrected chi connectivity index (χ4v) is 3.03. The van der Waals surface area contributed by atoms with E-state index < -0.39 is 0 Å². The molecule has 0 unspecified atom stereocenters. The Morgan fingerprint density at radius 3 is 2.75 bits per heavy atom. The summed E-state index contributed by atoms with van der Waals surface area (Å²) in [5.41, 5.74) is 1.75. The molecule has 1 fully saturated rings. The highest BCUT2D eigenvalue weighted by Gasteiger charge is 2.22. The van der Waals surface area contributed by atoms with Gasteiger partial charge in [-0.25, -0.2) is 14.4 Å². The first-order valence-electron chi connectivity index (χ1n) is 8.04. The predicted octanol–water partition coefficient (Wildman–Crippen LogP) is 2.68. The molecule has 1 aliphatic heterocycles. The van der Waals surface area contributed by atoms with Crippen LogP contribution in [-0.2, 0) is 11.3 Å². The number of aromatic nitrogens is 4. The number of piperidine rings is 1. The minimum absolute atomic E-state index is 0.216. The van der Waals surface area contributed by atoms with Gasteiger partial charge in [0.05, 0.1) is 24.3 Å². The number of nitrogens with zero attached hydrogens (tertiary/aromatic N) is 4. The number of hydrogen-bond acceptors (Lipinski definition) is 5. The van der Waals surface area contributed by atoms with Crippen LogP contribution in [0, 0.1) is 5.82 Å². The Kier molecular flexibility index (Phi) is 4.08. The van der Waals surface area contributed by atoms with Gasteiger partial charge in [0.15, 0.2) is 5.65 Å². The zero-order chi connectivity index (χ0) is 16.4. The fourth-order valence-electron chi connectivity index (χ4n) is 3.03. The summed E-state index contributed by atoms with van der Waals surface area (Å²) in [4.78, 5) is 10.8. The average molecular weight is 327 g/mol. The maximum Gasteiger partial charge on any atom is 0.160 e. The maximum absolute atomic E-state index is 12.9. The van der Waals surface area contributed by atoms with Gasteiger partial charge in [-0.15, -0.1) is 0 Å². The lowest BCUT2D eigenvalue weighted by atomic mass is 10.1. The normalized spacial score (nSPS) is 16.0. The van der Waals surface area contributed by atoms with E-state index >= 15 is 0 Å². The summed E-state index contributed by atoms with van der Waals surface area (Å²) < 4.78 is 18.9. The Hall–Kier alpha value is -2.54. The molecule has 1 saturated heterocycles. The summed E-state index contributed by atoms with van der Waals surface area (Å²) in [5.74, 6) is 0.702. The molecule has 0 amide bonds. The number of aromatic amines is 1. The molecule has 0 aliphatic carbocycles. The summed E-state index contributed by atoms with van der Waals surface area (Å²) in [6, 6.07) is 6.46. The minimum Gasteiger partial charge on any atom is -0.373 e. The number of ether oxygens (including phenoxy) is 1. The van der Waals surface area contributed by atoms with Crippen molar-refractivity contribution in [2.24, 2.45) is 0 Å². The van der Waals surface area contributed by atoms with Crippen molar-refractivity contribution in [3.05, 3.63) is 48.2 Å². The number of nitrogens with one attached hydrogen (secondary N) is 1. The summed E-state index contributed by atoms with van der Waals surface area (Å²) in [6.07, 6.45) is 5.41. The molecule has 6 nitrogen and oxygen atoms in total. The number of halogens is 1. The molecule has 1 N–H and O–H groups in total. The van der Waals surface area contributed by atoms with Gasteiger partial charge < -0.3 is 9.64 Å². The van der Waals surface area contributed by atoms with Crippen molar-refractivity contribution in [2.75, 3.05) is 18.0 Å². The maximum atomic E-state index is 12.9. The molecule has 4 rings (SSSR count). The highest BCUT2D eigenvalue weighted by molar-refractivity contribution is 5.86. The first kappa shape index (κ1) is 15.0. The molecule has 7 heteroatoms. The quantitative estimate of drug-likeness (QED) is 0.798. The van der Waals surface area contributed by atoms with Gasteiger partial charge in [0.25, 0.3) is 0 Å². The average Bonchev–Trinajstić information content (AvgIpc) is 3.10. The number of benzene rings is 1. The van der Waals surface area contributed by atoms with Gasteiger partial charge in [-0.2, -0.15) is 5.10 Å². The molecule has 0 spiro atoms. The monoisotopic (exact) mass is 327 g/mol. The number of hydrogen-bond donors (Lipinski definition) is 1. The number of rotatable bonds is 4. The van der Waals surface area contributed by atoms with E-state index in [2.05, 4.69) is 25.1 Å². The topological polar surface area (TPSA) is 66.9 Å². The third-order valence-electron chi connectivity index (χ3n) is 4.37. The van der Waals surface area contributed by atoms with E-state index in [1.165, 1.54) is 12.1 Å². The van der Waals surface area contributed by atoms with Gasteiger partial charge >= 0.3 is 0 Å². The molecule has 124 valence electrons. The molecule has 1 aliphatic rings. The van der Waals surface area contributed by atoms with E-state index in [4.69, 9.17) is 4.74 Å². The first-order valence-corrected chi connectivity index (χ1v) is 8.04. The summed E-state index contributed by atoms with van der Waals surface area (Å²) in [7, 11) is 0. The molecule has 0 radical (unpaired) electrons. The van der Waals surface area contributed by atoms with Crippen LogP contribution >= 0.6 is 0 Å². The Morgan fingerprint density at radius 2 is 1.96 bits per heavy atom. The van der Waals surface area contributed by atoms with Crippen LogP contribution in [-0.4, -0.2) is 39.4 Å². The van der Waals surface area contributed by atoms with Crippen molar-refractivity contribution in [1.82, 2.24) is 20.2 Å². The summed E-state index contributed by atoms with van der Waals surface area (Å²) in [6.45, 7) is 2.28. The zero-order valence-electron chi connectivity index (χ0n) is 13.2. The highest BCUT2D eigenvalue weighted by atomic mass is 19.1. The SMILES string of the molecule is Fc1ccc(COC2CCN(c3ncnc4[nH]ncc34)CC2)cc1. The number of H-pyrrole nitrogens is 1. The van der Waals surface area contributed by atoms with Gasteiger partial charge in [-0.3, -0.25) is 5.10 Å².